The number of nitrogens with one attached hydrogen (secondary N) is 1. The number of para-hydroxylation sites is 1. The van der Waals surface area contributed by atoms with E-state index < -0.39 is 18.0 Å². The van der Waals surface area contributed by atoms with Crippen LogP contribution in [0.3, 0.4) is 0 Å². The normalized spacial score (nSPS) is 11.5. The summed E-state index contributed by atoms with van der Waals surface area (Å²) in [6.07, 6.45) is -0.939. The Morgan fingerprint density at radius 3 is 2.55 bits per heavy atom. The molecule has 1 amide bonds. The van der Waals surface area contributed by atoms with E-state index in [2.05, 4.69) is 21.2 Å². The van der Waals surface area contributed by atoms with Gasteiger partial charge >= 0.3 is 5.97 Å². The molecule has 1 atom stereocenters. The van der Waals surface area contributed by atoms with Gasteiger partial charge in [0, 0.05) is 15.8 Å². The number of carbonyl (C=O) groups is 2. The van der Waals surface area contributed by atoms with Crippen molar-refractivity contribution in [3.05, 3.63) is 58.6 Å². The van der Waals surface area contributed by atoms with Crippen molar-refractivity contribution in [2.24, 2.45) is 0 Å². The van der Waals surface area contributed by atoms with Crippen LogP contribution in [-0.2, 0) is 9.53 Å². The number of anilines is 2. The minimum Gasteiger partial charge on any atom is -0.449 e. The number of halogens is 1. The highest BCUT2D eigenvalue weighted by atomic mass is 79.9. The van der Waals surface area contributed by atoms with Crippen LogP contribution >= 0.6 is 15.9 Å². The third-order valence-corrected chi connectivity index (χ3v) is 3.42. The predicted octanol–water partition coefficient (Wildman–Crippen LogP) is 3.22. The number of nitrogens with two attached hydrogens (primary N) is 1. The fourth-order valence-corrected chi connectivity index (χ4v) is 2.11. The molecule has 5 nitrogen and oxygen atoms in total. The number of hydrogen-bond acceptors (Lipinski definition) is 4. The second-order valence-electron chi connectivity index (χ2n) is 4.63. The molecule has 0 aliphatic rings. The Kier molecular flexibility index (Phi) is 5.16. The zero-order valence-electron chi connectivity index (χ0n) is 11.9. The molecular formula is C16H15BrN2O3. The summed E-state index contributed by atoms with van der Waals surface area (Å²) in [5.41, 5.74) is 6.89. The van der Waals surface area contributed by atoms with Gasteiger partial charge in [-0.25, -0.2) is 4.79 Å². The standard InChI is InChI=1S/C16H15BrN2O3/c1-10(15(20)19-12-5-3-2-4-6-12)22-16(21)13-9-11(17)7-8-14(13)18/h2-10H,18H2,1H3,(H,19,20). The Balaban J connectivity index is 2.01. The lowest BCUT2D eigenvalue weighted by atomic mass is 10.2. The molecule has 0 spiro atoms. The largest absolute Gasteiger partial charge is 0.449 e. The number of carbonyl (C=O) groups excluding carboxylic acids is 2. The van der Waals surface area contributed by atoms with Gasteiger partial charge in [-0.05, 0) is 37.3 Å². The molecule has 2 aromatic carbocycles. The van der Waals surface area contributed by atoms with E-state index in [4.69, 9.17) is 10.5 Å². The molecule has 2 rings (SSSR count). The molecule has 0 aromatic heterocycles. The Bertz CT molecular complexity index is 689. The van der Waals surface area contributed by atoms with Crippen molar-refractivity contribution in [3.63, 3.8) is 0 Å². The minimum atomic E-state index is -0.939. The van der Waals surface area contributed by atoms with Crippen molar-refractivity contribution in [1.29, 1.82) is 0 Å². The SMILES string of the molecule is CC(OC(=O)c1cc(Br)ccc1N)C(=O)Nc1ccccc1. The van der Waals surface area contributed by atoms with E-state index in [1.165, 1.54) is 6.92 Å². The van der Waals surface area contributed by atoms with E-state index >= 15 is 0 Å². The Morgan fingerprint density at radius 2 is 1.86 bits per heavy atom. The van der Waals surface area contributed by atoms with Crippen molar-refractivity contribution in [2.45, 2.75) is 13.0 Å². The van der Waals surface area contributed by atoms with Gasteiger partial charge in [-0.1, -0.05) is 34.1 Å². The van der Waals surface area contributed by atoms with Crippen LogP contribution in [0.15, 0.2) is 53.0 Å². The summed E-state index contributed by atoms with van der Waals surface area (Å²) in [5, 5.41) is 2.67. The molecule has 0 fully saturated rings. The van der Waals surface area contributed by atoms with E-state index in [0.29, 0.717) is 15.8 Å². The fourth-order valence-electron chi connectivity index (χ4n) is 1.75. The van der Waals surface area contributed by atoms with Gasteiger partial charge < -0.3 is 15.8 Å². The van der Waals surface area contributed by atoms with Gasteiger partial charge in [-0.3, -0.25) is 4.79 Å². The number of hydrogen-bond donors (Lipinski definition) is 2. The molecule has 114 valence electrons. The number of rotatable bonds is 4. The van der Waals surface area contributed by atoms with E-state index in [9.17, 15) is 9.59 Å². The molecule has 22 heavy (non-hydrogen) atoms. The highest BCUT2D eigenvalue weighted by molar-refractivity contribution is 9.10. The van der Waals surface area contributed by atoms with Gasteiger partial charge in [-0.15, -0.1) is 0 Å². The molecule has 0 saturated heterocycles. The zero-order chi connectivity index (χ0) is 16.1. The molecule has 2 aromatic rings. The summed E-state index contributed by atoms with van der Waals surface area (Å²) >= 11 is 3.26. The van der Waals surface area contributed by atoms with Gasteiger partial charge in [0.15, 0.2) is 6.10 Å². The summed E-state index contributed by atoms with van der Waals surface area (Å²) in [7, 11) is 0. The van der Waals surface area contributed by atoms with Gasteiger partial charge in [0.05, 0.1) is 5.56 Å². The first-order valence-electron chi connectivity index (χ1n) is 6.59. The van der Waals surface area contributed by atoms with Gasteiger partial charge in [0.2, 0.25) is 0 Å². The molecule has 3 N–H and O–H groups in total. The zero-order valence-corrected chi connectivity index (χ0v) is 13.5. The predicted molar refractivity (Wildman–Crippen MR) is 88.5 cm³/mol. The van der Waals surface area contributed by atoms with Gasteiger partial charge in [-0.2, -0.15) is 0 Å². The van der Waals surface area contributed by atoms with E-state index in [0.717, 1.165) is 0 Å². The van der Waals surface area contributed by atoms with Gasteiger partial charge in [0.25, 0.3) is 5.91 Å². The molecule has 0 aliphatic carbocycles. The van der Waals surface area contributed by atoms with Crippen LogP contribution in [0.1, 0.15) is 17.3 Å². The molecule has 0 bridgehead atoms. The second kappa shape index (κ2) is 7.09. The molecule has 0 aliphatic heterocycles. The van der Waals surface area contributed by atoms with Gasteiger partial charge in [0.1, 0.15) is 0 Å². The van der Waals surface area contributed by atoms with Crippen LogP contribution in [0.2, 0.25) is 0 Å². The van der Waals surface area contributed by atoms with Crippen LogP contribution in [0.25, 0.3) is 0 Å². The number of nitrogen functional groups attached to an aromatic ring is 1. The highest BCUT2D eigenvalue weighted by Gasteiger charge is 2.20. The van der Waals surface area contributed by atoms with Crippen LogP contribution in [0, 0.1) is 0 Å². The summed E-state index contributed by atoms with van der Waals surface area (Å²) in [6, 6.07) is 13.8. The number of benzene rings is 2. The van der Waals surface area contributed by atoms with Crippen LogP contribution < -0.4 is 11.1 Å². The van der Waals surface area contributed by atoms with Crippen LogP contribution in [-0.4, -0.2) is 18.0 Å². The second-order valence-corrected chi connectivity index (χ2v) is 5.55. The molecule has 0 heterocycles. The molecular weight excluding hydrogens is 348 g/mol. The summed E-state index contributed by atoms with van der Waals surface area (Å²) in [4.78, 5) is 24.1. The number of amides is 1. The molecule has 1 unspecified atom stereocenters. The fraction of sp³-hybridized carbons (Fsp3) is 0.125. The average Bonchev–Trinajstić information content (AvgIpc) is 2.50. The Labute approximate surface area is 136 Å². The maximum atomic E-state index is 12.1. The first-order chi connectivity index (χ1) is 10.5. The maximum absolute atomic E-state index is 12.1. The maximum Gasteiger partial charge on any atom is 0.341 e. The summed E-state index contributed by atoms with van der Waals surface area (Å²) in [5.74, 6) is -1.05. The van der Waals surface area contributed by atoms with Crippen molar-refractivity contribution in [2.75, 3.05) is 11.1 Å². The first kappa shape index (κ1) is 16.0. The third kappa shape index (κ3) is 4.08. The van der Waals surface area contributed by atoms with Crippen LogP contribution in [0.4, 0.5) is 11.4 Å². The first-order valence-corrected chi connectivity index (χ1v) is 7.38. The van der Waals surface area contributed by atoms with Crippen LogP contribution in [0.5, 0.6) is 0 Å². The number of esters is 1. The molecule has 0 radical (unpaired) electrons. The van der Waals surface area contributed by atoms with Crippen molar-refractivity contribution >= 4 is 39.2 Å². The minimum absolute atomic E-state index is 0.216. The lowest BCUT2D eigenvalue weighted by Gasteiger charge is -2.14. The topological polar surface area (TPSA) is 81.4 Å². The monoisotopic (exact) mass is 362 g/mol. The lowest BCUT2D eigenvalue weighted by Crippen LogP contribution is -2.30. The van der Waals surface area contributed by atoms with Crippen molar-refractivity contribution < 1.29 is 14.3 Å². The van der Waals surface area contributed by atoms with E-state index in [1.54, 1.807) is 42.5 Å². The third-order valence-electron chi connectivity index (χ3n) is 2.93. The smallest absolute Gasteiger partial charge is 0.341 e. The Hall–Kier alpha value is -2.34. The summed E-state index contributed by atoms with van der Waals surface area (Å²) in [6.45, 7) is 1.50. The summed E-state index contributed by atoms with van der Waals surface area (Å²) < 4.78 is 5.86. The molecule has 0 saturated carbocycles. The van der Waals surface area contributed by atoms with E-state index in [-0.39, 0.29) is 5.56 Å². The van der Waals surface area contributed by atoms with Crippen molar-refractivity contribution in [3.8, 4) is 0 Å². The lowest BCUT2D eigenvalue weighted by molar-refractivity contribution is -0.123. The molecule has 6 heteroatoms. The highest BCUT2D eigenvalue weighted by Crippen LogP contribution is 2.20. The average molecular weight is 363 g/mol. The number of ether oxygens (including phenoxy) is 1. The quantitative estimate of drug-likeness (QED) is 0.646. The van der Waals surface area contributed by atoms with E-state index in [1.807, 2.05) is 6.07 Å². The Morgan fingerprint density at radius 1 is 1.18 bits per heavy atom. The van der Waals surface area contributed by atoms with Crippen molar-refractivity contribution in [1.82, 2.24) is 0 Å².